The summed E-state index contributed by atoms with van der Waals surface area (Å²) in [6, 6.07) is 21.2. The molecule has 1 aliphatic heterocycles. The lowest BCUT2D eigenvalue weighted by Crippen LogP contribution is -2.36. The van der Waals surface area contributed by atoms with Crippen molar-refractivity contribution < 1.29 is 19.1 Å². The quantitative estimate of drug-likeness (QED) is 0.543. The highest BCUT2D eigenvalue weighted by Crippen LogP contribution is 2.31. The van der Waals surface area contributed by atoms with Crippen LogP contribution in [0, 0.1) is 0 Å². The first kappa shape index (κ1) is 22.5. The summed E-state index contributed by atoms with van der Waals surface area (Å²) < 4.78 is 10.5. The molecule has 2 aromatic carbocycles. The number of ether oxygens (including phenoxy) is 2. The lowest BCUT2D eigenvalue weighted by molar-refractivity contribution is -0.144. The van der Waals surface area contributed by atoms with Crippen molar-refractivity contribution in [3.63, 3.8) is 0 Å². The molecule has 0 unspecified atom stereocenters. The topological polar surface area (TPSA) is 80.8 Å². The Bertz CT molecular complexity index is 1100. The van der Waals surface area contributed by atoms with Crippen LogP contribution in [0.25, 0.3) is 11.3 Å². The minimum Gasteiger partial charge on any atom is -0.465 e. The van der Waals surface area contributed by atoms with Gasteiger partial charge in [-0.3, -0.25) is 20.0 Å². The van der Waals surface area contributed by atoms with Gasteiger partial charge in [-0.25, -0.2) is 4.79 Å². The van der Waals surface area contributed by atoms with Crippen LogP contribution in [0.3, 0.4) is 0 Å². The van der Waals surface area contributed by atoms with Gasteiger partial charge in [0.1, 0.15) is 6.61 Å². The first-order valence-corrected chi connectivity index (χ1v) is 11.1. The number of hydrogen-bond donors (Lipinski definition) is 1. The number of pyridine rings is 1. The second kappa shape index (κ2) is 10.7. The Balaban J connectivity index is 1.55. The highest BCUT2D eigenvalue weighted by atomic mass is 16.5. The number of esters is 1. The molecule has 0 aliphatic carbocycles. The van der Waals surface area contributed by atoms with Crippen molar-refractivity contribution in [3.8, 4) is 11.3 Å². The van der Waals surface area contributed by atoms with E-state index in [2.05, 4.69) is 5.32 Å². The van der Waals surface area contributed by atoms with Gasteiger partial charge in [0.2, 0.25) is 0 Å². The van der Waals surface area contributed by atoms with Gasteiger partial charge in [-0.2, -0.15) is 0 Å². The minimum atomic E-state index is -0.544. The van der Waals surface area contributed by atoms with E-state index in [-0.39, 0.29) is 19.1 Å². The summed E-state index contributed by atoms with van der Waals surface area (Å²) in [5, 5.41) is 2.87. The molecule has 0 spiro atoms. The predicted octanol–water partition coefficient (Wildman–Crippen LogP) is 4.42. The summed E-state index contributed by atoms with van der Waals surface area (Å²) in [5.74, 6) is -0.238. The van der Waals surface area contributed by atoms with E-state index in [1.807, 2.05) is 71.6 Å². The van der Waals surface area contributed by atoms with Crippen LogP contribution < -0.4 is 5.32 Å². The molecule has 1 aromatic heterocycles. The standard InChI is InChI=1S/C26H27N3O4/c1-2-32-24(30)17-29-14-13-22-21(16-29)15-23(25(27-22)20-11-7-4-8-12-20)28-26(31)33-18-19-9-5-3-6-10-19/h3-12,15H,2,13-14,16-18H2,1H3,(H,28,31). The van der Waals surface area contributed by atoms with E-state index in [1.54, 1.807) is 6.92 Å². The Morgan fingerprint density at radius 2 is 1.76 bits per heavy atom. The molecule has 0 saturated carbocycles. The minimum absolute atomic E-state index is 0.180. The number of hydrogen-bond acceptors (Lipinski definition) is 6. The van der Waals surface area contributed by atoms with Crippen LogP contribution in [-0.4, -0.2) is 41.6 Å². The fourth-order valence-electron chi connectivity index (χ4n) is 3.83. The Morgan fingerprint density at radius 3 is 2.48 bits per heavy atom. The molecule has 33 heavy (non-hydrogen) atoms. The molecule has 0 bridgehead atoms. The Kier molecular flexibility index (Phi) is 7.32. The van der Waals surface area contributed by atoms with Gasteiger partial charge < -0.3 is 9.47 Å². The molecular formula is C26H27N3O4. The van der Waals surface area contributed by atoms with Crippen molar-refractivity contribution in [2.75, 3.05) is 25.0 Å². The maximum absolute atomic E-state index is 12.6. The van der Waals surface area contributed by atoms with E-state index < -0.39 is 6.09 Å². The van der Waals surface area contributed by atoms with Crippen LogP contribution in [0.2, 0.25) is 0 Å². The fraction of sp³-hybridized carbons (Fsp3) is 0.269. The van der Waals surface area contributed by atoms with Gasteiger partial charge in [-0.1, -0.05) is 60.7 Å². The maximum Gasteiger partial charge on any atom is 0.412 e. The molecule has 0 fully saturated rings. The summed E-state index contributed by atoms with van der Waals surface area (Å²) in [6.45, 7) is 3.86. The summed E-state index contributed by atoms with van der Waals surface area (Å²) in [7, 11) is 0. The van der Waals surface area contributed by atoms with Gasteiger partial charge in [-0.05, 0) is 24.1 Å². The zero-order valence-electron chi connectivity index (χ0n) is 18.6. The van der Waals surface area contributed by atoms with Crippen molar-refractivity contribution in [2.24, 2.45) is 0 Å². The molecule has 1 aliphatic rings. The van der Waals surface area contributed by atoms with E-state index >= 15 is 0 Å². The van der Waals surface area contributed by atoms with Gasteiger partial charge >= 0.3 is 12.1 Å². The third-order valence-electron chi connectivity index (χ3n) is 5.40. The zero-order chi connectivity index (χ0) is 23.0. The number of carbonyl (C=O) groups is 2. The molecule has 7 heteroatoms. The Hall–Kier alpha value is -3.71. The molecule has 0 radical (unpaired) electrons. The number of nitrogens with one attached hydrogen (secondary N) is 1. The van der Waals surface area contributed by atoms with E-state index in [4.69, 9.17) is 14.5 Å². The smallest absolute Gasteiger partial charge is 0.412 e. The largest absolute Gasteiger partial charge is 0.465 e. The van der Waals surface area contributed by atoms with Gasteiger partial charge in [0, 0.05) is 30.8 Å². The highest BCUT2D eigenvalue weighted by molar-refractivity contribution is 5.90. The zero-order valence-corrected chi connectivity index (χ0v) is 18.6. The second-order valence-electron chi connectivity index (χ2n) is 7.81. The third kappa shape index (κ3) is 5.96. The summed E-state index contributed by atoms with van der Waals surface area (Å²) >= 11 is 0. The first-order valence-electron chi connectivity index (χ1n) is 11.1. The van der Waals surface area contributed by atoms with E-state index in [0.29, 0.717) is 31.0 Å². The monoisotopic (exact) mass is 445 g/mol. The van der Waals surface area contributed by atoms with Crippen LogP contribution >= 0.6 is 0 Å². The van der Waals surface area contributed by atoms with Crippen molar-refractivity contribution in [1.29, 1.82) is 0 Å². The molecule has 0 atom stereocenters. The number of amides is 1. The Labute approximate surface area is 193 Å². The van der Waals surface area contributed by atoms with Crippen molar-refractivity contribution in [2.45, 2.75) is 26.5 Å². The van der Waals surface area contributed by atoms with Crippen LogP contribution in [0.5, 0.6) is 0 Å². The molecule has 170 valence electrons. The van der Waals surface area contributed by atoms with E-state index in [0.717, 1.165) is 28.9 Å². The average molecular weight is 446 g/mol. The van der Waals surface area contributed by atoms with Crippen LogP contribution in [0.4, 0.5) is 10.5 Å². The predicted molar refractivity (Wildman–Crippen MR) is 126 cm³/mol. The van der Waals surface area contributed by atoms with Crippen molar-refractivity contribution in [1.82, 2.24) is 9.88 Å². The molecule has 7 nitrogen and oxygen atoms in total. The van der Waals surface area contributed by atoms with Crippen molar-refractivity contribution in [3.05, 3.63) is 83.6 Å². The summed E-state index contributed by atoms with van der Waals surface area (Å²) in [5.41, 5.74) is 5.04. The number of carbonyl (C=O) groups excluding carboxylic acids is 2. The SMILES string of the molecule is CCOC(=O)CN1CCc2nc(-c3ccccc3)c(NC(=O)OCc3ccccc3)cc2C1. The van der Waals surface area contributed by atoms with E-state index in [1.165, 1.54) is 0 Å². The van der Waals surface area contributed by atoms with Gasteiger partial charge in [0.25, 0.3) is 0 Å². The third-order valence-corrected chi connectivity index (χ3v) is 5.40. The molecule has 1 amide bonds. The number of rotatable bonds is 7. The van der Waals surface area contributed by atoms with Crippen LogP contribution in [0.15, 0.2) is 66.7 Å². The van der Waals surface area contributed by atoms with E-state index in [9.17, 15) is 9.59 Å². The number of aromatic nitrogens is 1. The van der Waals surface area contributed by atoms with Crippen LogP contribution in [-0.2, 0) is 33.8 Å². The first-order chi connectivity index (χ1) is 16.1. The number of anilines is 1. The number of nitrogens with zero attached hydrogens (tertiary/aromatic N) is 2. The Morgan fingerprint density at radius 1 is 1.03 bits per heavy atom. The lowest BCUT2D eigenvalue weighted by atomic mass is 10.0. The number of benzene rings is 2. The molecule has 2 heterocycles. The fourth-order valence-corrected chi connectivity index (χ4v) is 3.83. The van der Waals surface area contributed by atoms with Gasteiger partial charge in [0.05, 0.1) is 24.5 Å². The molecule has 3 aromatic rings. The van der Waals surface area contributed by atoms with Gasteiger partial charge in [0.15, 0.2) is 0 Å². The molecule has 0 saturated heterocycles. The van der Waals surface area contributed by atoms with Crippen molar-refractivity contribution >= 4 is 17.7 Å². The summed E-state index contributed by atoms with van der Waals surface area (Å²) in [4.78, 5) is 31.4. The number of fused-ring (bicyclic) bond motifs is 1. The highest BCUT2D eigenvalue weighted by Gasteiger charge is 2.23. The normalized spacial score (nSPS) is 13.1. The van der Waals surface area contributed by atoms with Crippen LogP contribution in [0.1, 0.15) is 23.7 Å². The second-order valence-corrected chi connectivity index (χ2v) is 7.81. The van der Waals surface area contributed by atoms with Gasteiger partial charge in [-0.15, -0.1) is 0 Å². The average Bonchev–Trinajstić information content (AvgIpc) is 2.83. The molecule has 1 N–H and O–H groups in total. The molecule has 4 rings (SSSR count). The maximum atomic E-state index is 12.6. The molecular weight excluding hydrogens is 418 g/mol. The lowest BCUT2D eigenvalue weighted by Gasteiger charge is -2.28. The summed E-state index contributed by atoms with van der Waals surface area (Å²) in [6.07, 6.45) is 0.171.